The third-order valence-electron chi connectivity index (χ3n) is 3.21. The van der Waals surface area contributed by atoms with E-state index in [0.29, 0.717) is 5.56 Å². The lowest BCUT2D eigenvalue weighted by Crippen LogP contribution is -2.11. The van der Waals surface area contributed by atoms with Crippen LogP contribution in [0.1, 0.15) is 48.0 Å². The van der Waals surface area contributed by atoms with Crippen molar-refractivity contribution in [1.29, 1.82) is 0 Å². The van der Waals surface area contributed by atoms with Crippen molar-refractivity contribution in [1.82, 2.24) is 4.98 Å². The molecule has 0 spiro atoms. The van der Waals surface area contributed by atoms with Crippen LogP contribution in [0.4, 0.5) is 0 Å². The quantitative estimate of drug-likeness (QED) is 0.771. The molecular formula is C17H19NO2. The lowest BCUT2D eigenvalue weighted by atomic mass is 10.1. The molecule has 3 nitrogen and oxygen atoms in total. The normalized spacial score (nSPS) is 11.9. The van der Waals surface area contributed by atoms with Crippen molar-refractivity contribution in [3.8, 4) is 0 Å². The van der Waals surface area contributed by atoms with Gasteiger partial charge in [0.05, 0.1) is 5.56 Å². The average Bonchev–Trinajstić information content (AvgIpc) is 2.53. The van der Waals surface area contributed by atoms with Crippen LogP contribution < -0.4 is 0 Å². The summed E-state index contributed by atoms with van der Waals surface area (Å²) in [4.78, 5) is 16.3. The van der Waals surface area contributed by atoms with Gasteiger partial charge in [0, 0.05) is 11.9 Å². The summed E-state index contributed by atoms with van der Waals surface area (Å²) in [5, 5.41) is 0. The first kappa shape index (κ1) is 14.3. The summed E-state index contributed by atoms with van der Waals surface area (Å²) in [5.41, 5.74) is 2.48. The van der Waals surface area contributed by atoms with Crippen molar-refractivity contribution in [2.45, 2.75) is 32.8 Å². The Kier molecular flexibility index (Phi) is 4.88. The van der Waals surface area contributed by atoms with E-state index in [1.165, 1.54) is 0 Å². The molecule has 2 aromatic rings. The van der Waals surface area contributed by atoms with Crippen LogP contribution >= 0.6 is 0 Å². The van der Waals surface area contributed by atoms with Gasteiger partial charge in [-0.25, -0.2) is 4.79 Å². The molecule has 0 aliphatic carbocycles. The highest BCUT2D eigenvalue weighted by molar-refractivity contribution is 5.89. The van der Waals surface area contributed by atoms with Crippen molar-refractivity contribution >= 4 is 5.97 Å². The number of benzene rings is 1. The number of hydrogen-bond acceptors (Lipinski definition) is 3. The largest absolute Gasteiger partial charge is 0.454 e. The molecule has 0 bridgehead atoms. The van der Waals surface area contributed by atoms with Crippen LogP contribution in [0.5, 0.6) is 0 Å². The summed E-state index contributed by atoms with van der Waals surface area (Å²) in [7, 11) is 0. The summed E-state index contributed by atoms with van der Waals surface area (Å²) < 4.78 is 5.57. The molecule has 0 amide bonds. The molecule has 0 saturated heterocycles. The van der Waals surface area contributed by atoms with Crippen LogP contribution in [-0.4, -0.2) is 11.0 Å². The molecule has 0 fully saturated rings. The number of esters is 1. The molecule has 20 heavy (non-hydrogen) atoms. The van der Waals surface area contributed by atoms with E-state index in [-0.39, 0.29) is 12.1 Å². The van der Waals surface area contributed by atoms with E-state index < -0.39 is 0 Å². The third kappa shape index (κ3) is 3.44. The van der Waals surface area contributed by atoms with Crippen molar-refractivity contribution in [2.24, 2.45) is 0 Å². The first-order valence-electron chi connectivity index (χ1n) is 6.95. The Morgan fingerprint density at radius 2 is 1.90 bits per heavy atom. The van der Waals surface area contributed by atoms with Gasteiger partial charge in [-0.1, -0.05) is 44.2 Å². The Hall–Kier alpha value is -2.16. The monoisotopic (exact) mass is 269 g/mol. The topological polar surface area (TPSA) is 39.2 Å². The van der Waals surface area contributed by atoms with Gasteiger partial charge in [-0.05, 0) is 30.5 Å². The Balaban J connectivity index is 2.09. The van der Waals surface area contributed by atoms with Crippen LogP contribution in [0.25, 0.3) is 0 Å². The Morgan fingerprint density at radius 3 is 2.45 bits per heavy atom. The maximum absolute atomic E-state index is 12.1. The van der Waals surface area contributed by atoms with Crippen molar-refractivity contribution in [2.75, 3.05) is 0 Å². The molecule has 0 aliphatic heterocycles. The van der Waals surface area contributed by atoms with Gasteiger partial charge in [0.15, 0.2) is 0 Å². The molecule has 1 unspecified atom stereocenters. The molecular weight excluding hydrogens is 250 g/mol. The molecule has 0 aliphatic rings. The number of aromatic nitrogens is 1. The van der Waals surface area contributed by atoms with E-state index >= 15 is 0 Å². The van der Waals surface area contributed by atoms with E-state index in [9.17, 15) is 4.79 Å². The average molecular weight is 269 g/mol. The number of carbonyl (C=O) groups excluding carboxylic acids is 1. The minimum atomic E-state index is -0.323. The predicted octanol–water partition coefficient (Wildman–Crippen LogP) is 3.95. The van der Waals surface area contributed by atoms with Gasteiger partial charge in [0.2, 0.25) is 0 Å². The summed E-state index contributed by atoms with van der Waals surface area (Å²) >= 11 is 0. The molecule has 104 valence electrons. The molecule has 1 aromatic heterocycles. The SMILES string of the molecule is CCc1ccc(C(=O)OC(CC)c2ccccc2)cn1. The molecule has 0 radical (unpaired) electrons. The summed E-state index contributed by atoms with van der Waals surface area (Å²) in [6.45, 7) is 4.03. The second-order valence-corrected chi connectivity index (χ2v) is 4.60. The van der Waals surface area contributed by atoms with E-state index in [0.717, 1.165) is 24.1 Å². The second-order valence-electron chi connectivity index (χ2n) is 4.60. The lowest BCUT2D eigenvalue weighted by molar-refractivity contribution is 0.0287. The standard InChI is InChI=1S/C17H19NO2/c1-3-15-11-10-14(12-18-15)17(19)20-16(4-2)13-8-6-5-7-9-13/h5-12,16H,3-4H2,1-2H3. The number of hydrogen-bond donors (Lipinski definition) is 0. The Bertz CT molecular complexity index is 549. The van der Waals surface area contributed by atoms with Gasteiger partial charge in [-0.2, -0.15) is 0 Å². The zero-order valence-corrected chi connectivity index (χ0v) is 11.9. The van der Waals surface area contributed by atoms with Crippen molar-refractivity contribution in [3.05, 3.63) is 65.5 Å². The third-order valence-corrected chi connectivity index (χ3v) is 3.21. The first-order valence-corrected chi connectivity index (χ1v) is 6.95. The summed E-state index contributed by atoms with van der Waals surface area (Å²) in [5.74, 6) is -0.323. The van der Waals surface area contributed by atoms with Gasteiger partial charge in [-0.3, -0.25) is 4.98 Å². The Morgan fingerprint density at radius 1 is 1.15 bits per heavy atom. The molecule has 0 N–H and O–H groups in total. The van der Waals surface area contributed by atoms with E-state index in [4.69, 9.17) is 4.74 Å². The van der Waals surface area contributed by atoms with Gasteiger partial charge in [-0.15, -0.1) is 0 Å². The highest BCUT2D eigenvalue weighted by Crippen LogP contribution is 2.22. The van der Waals surface area contributed by atoms with Crippen LogP contribution in [-0.2, 0) is 11.2 Å². The predicted molar refractivity (Wildman–Crippen MR) is 78.5 cm³/mol. The van der Waals surface area contributed by atoms with Gasteiger partial charge < -0.3 is 4.74 Å². The van der Waals surface area contributed by atoms with Crippen LogP contribution in [0.15, 0.2) is 48.7 Å². The van der Waals surface area contributed by atoms with E-state index in [1.807, 2.05) is 50.2 Å². The van der Waals surface area contributed by atoms with Gasteiger partial charge in [0.25, 0.3) is 0 Å². The number of aryl methyl sites for hydroxylation is 1. The minimum absolute atomic E-state index is 0.213. The zero-order valence-electron chi connectivity index (χ0n) is 11.9. The highest BCUT2D eigenvalue weighted by Gasteiger charge is 2.16. The maximum atomic E-state index is 12.1. The smallest absolute Gasteiger partial charge is 0.340 e. The minimum Gasteiger partial charge on any atom is -0.454 e. The van der Waals surface area contributed by atoms with Gasteiger partial charge in [0.1, 0.15) is 6.10 Å². The molecule has 3 heteroatoms. The molecule has 2 rings (SSSR count). The Labute approximate surface area is 119 Å². The van der Waals surface area contributed by atoms with E-state index in [1.54, 1.807) is 12.3 Å². The highest BCUT2D eigenvalue weighted by atomic mass is 16.5. The fourth-order valence-electron chi connectivity index (χ4n) is 2.01. The number of rotatable bonds is 5. The molecule has 1 aromatic carbocycles. The number of ether oxygens (including phenoxy) is 1. The number of pyridine rings is 1. The summed E-state index contributed by atoms with van der Waals surface area (Å²) in [6, 6.07) is 13.4. The fourth-order valence-corrected chi connectivity index (χ4v) is 2.01. The molecule has 1 heterocycles. The van der Waals surface area contributed by atoms with Crippen LogP contribution in [0, 0.1) is 0 Å². The van der Waals surface area contributed by atoms with Crippen LogP contribution in [0.2, 0.25) is 0 Å². The summed E-state index contributed by atoms with van der Waals surface area (Å²) in [6.07, 6.45) is 2.97. The number of nitrogens with zero attached hydrogens (tertiary/aromatic N) is 1. The molecule has 1 atom stereocenters. The molecule has 0 saturated carbocycles. The number of carbonyl (C=O) groups is 1. The maximum Gasteiger partial charge on any atom is 0.340 e. The lowest BCUT2D eigenvalue weighted by Gasteiger charge is -2.16. The first-order chi connectivity index (χ1) is 9.74. The van der Waals surface area contributed by atoms with E-state index in [2.05, 4.69) is 4.98 Å². The zero-order chi connectivity index (χ0) is 14.4. The van der Waals surface area contributed by atoms with Crippen molar-refractivity contribution < 1.29 is 9.53 Å². The van der Waals surface area contributed by atoms with Crippen LogP contribution in [0.3, 0.4) is 0 Å². The fraction of sp³-hybridized carbons (Fsp3) is 0.294. The van der Waals surface area contributed by atoms with Gasteiger partial charge >= 0.3 is 5.97 Å². The second kappa shape index (κ2) is 6.85. The van der Waals surface area contributed by atoms with Crippen molar-refractivity contribution in [3.63, 3.8) is 0 Å².